The monoisotopic (exact) mass is 405 g/mol. The number of benzene rings is 2. The molecule has 25 heavy (non-hydrogen) atoms. The van der Waals surface area contributed by atoms with E-state index in [1.165, 1.54) is 6.07 Å². The van der Waals surface area contributed by atoms with Crippen LogP contribution in [-0.2, 0) is 13.1 Å². The Balaban J connectivity index is 1.84. The first-order valence-corrected chi connectivity index (χ1v) is 8.83. The summed E-state index contributed by atoms with van der Waals surface area (Å²) >= 11 is 3.59. The van der Waals surface area contributed by atoms with E-state index in [1.54, 1.807) is 12.1 Å². The molecule has 0 fully saturated rings. The van der Waals surface area contributed by atoms with E-state index in [2.05, 4.69) is 52.3 Å². The van der Waals surface area contributed by atoms with Crippen LogP contribution in [0.3, 0.4) is 0 Å². The molecule has 1 heterocycles. The summed E-state index contributed by atoms with van der Waals surface area (Å²) in [5, 5.41) is 11.8. The number of nitrogens with zero attached hydrogens (tertiary/aromatic N) is 3. The van der Waals surface area contributed by atoms with Crippen molar-refractivity contribution >= 4 is 38.3 Å². The van der Waals surface area contributed by atoms with Crippen molar-refractivity contribution in [1.29, 1.82) is 0 Å². The molecule has 0 unspecified atom stereocenters. The third-order valence-corrected chi connectivity index (χ3v) is 4.60. The Morgan fingerprint density at radius 3 is 2.68 bits per heavy atom. The van der Waals surface area contributed by atoms with Gasteiger partial charge < -0.3 is 11.1 Å². The highest BCUT2D eigenvalue weighted by Gasteiger charge is 2.17. The molecule has 5 nitrogen and oxygen atoms in total. The molecule has 0 atom stereocenters. The van der Waals surface area contributed by atoms with Crippen LogP contribution in [0.1, 0.15) is 26.3 Å². The van der Waals surface area contributed by atoms with E-state index >= 15 is 0 Å². The number of nitrogen functional groups attached to an aromatic ring is 1. The Kier molecular flexibility index (Phi) is 4.69. The van der Waals surface area contributed by atoms with Crippen LogP contribution in [0.15, 0.2) is 34.8 Å². The average molecular weight is 406 g/mol. The summed E-state index contributed by atoms with van der Waals surface area (Å²) in [6.45, 7) is 7.61. The van der Waals surface area contributed by atoms with Crippen LogP contribution in [0.5, 0.6) is 0 Å². The van der Waals surface area contributed by atoms with Gasteiger partial charge in [-0.05, 0) is 45.6 Å². The maximum Gasteiger partial charge on any atom is 0.130 e. The van der Waals surface area contributed by atoms with Gasteiger partial charge in [0.15, 0.2) is 0 Å². The van der Waals surface area contributed by atoms with E-state index in [1.807, 2.05) is 16.8 Å². The zero-order chi connectivity index (χ0) is 18.2. The van der Waals surface area contributed by atoms with Gasteiger partial charge in [0.05, 0.1) is 15.7 Å². The summed E-state index contributed by atoms with van der Waals surface area (Å²) < 4.78 is 16.6. The minimum Gasteiger partial charge on any atom is -0.399 e. The molecular weight excluding hydrogens is 385 g/mol. The van der Waals surface area contributed by atoms with Crippen LogP contribution in [0.4, 0.5) is 15.8 Å². The lowest BCUT2D eigenvalue weighted by Crippen LogP contribution is -2.16. The summed E-state index contributed by atoms with van der Waals surface area (Å²) in [6, 6.07) is 8.63. The van der Waals surface area contributed by atoms with Gasteiger partial charge in [0.25, 0.3) is 0 Å². The Morgan fingerprint density at radius 2 is 2.00 bits per heavy atom. The van der Waals surface area contributed by atoms with Crippen molar-refractivity contribution in [2.24, 2.45) is 5.41 Å². The number of nitrogens with one attached hydrogen (secondary N) is 1. The first kappa shape index (κ1) is 17.7. The number of halogens is 2. The minimum atomic E-state index is -0.319. The lowest BCUT2D eigenvalue weighted by Gasteiger charge is -2.18. The molecule has 0 radical (unpaired) electrons. The Bertz CT molecular complexity index is 914. The summed E-state index contributed by atoms with van der Waals surface area (Å²) in [6.07, 6.45) is 0. The van der Waals surface area contributed by atoms with Crippen molar-refractivity contribution in [3.63, 3.8) is 0 Å². The fourth-order valence-electron chi connectivity index (χ4n) is 2.60. The van der Waals surface area contributed by atoms with Crippen molar-refractivity contribution in [3.05, 3.63) is 46.2 Å². The van der Waals surface area contributed by atoms with E-state index < -0.39 is 0 Å². The second-order valence-electron chi connectivity index (χ2n) is 7.31. The van der Waals surface area contributed by atoms with Gasteiger partial charge in [-0.1, -0.05) is 32.1 Å². The number of hydrogen-bond donors (Lipinski definition) is 2. The SMILES string of the molecule is CC(C)(C)Cn1nnc2c(Br)c(NCc3ccc(N)cc3F)ccc21. The molecule has 0 spiro atoms. The molecule has 7 heteroatoms. The van der Waals surface area contributed by atoms with Gasteiger partial charge in [0, 0.05) is 24.3 Å². The maximum atomic E-state index is 13.9. The van der Waals surface area contributed by atoms with Crippen LogP contribution >= 0.6 is 15.9 Å². The number of nitrogens with two attached hydrogens (primary N) is 1. The maximum absolute atomic E-state index is 13.9. The predicted octanol–water partition coefficient (Wildman–Crippen LogP) is 4.57. The lowest BCUT2D eigenvalue weighted by atomic mass is 9.97. The smallest absolute Gasteiger partial charge is 0.130 e. The lowest BCUT2D eigenvalue weighted by molar-refractivity contribution is 0.327. The van der Waals surface area contributed by atoms with Gasteiger partial charge in [-0.3, -0.25) is 0 Å². The fraction of sp³-hybridized carbons (Fsp3) is 0.333. The Labute approximate surface area is 154 Å². The van der Waals surface area contributed by atoms with Gasteiger partial charge >= 0.3 is 0 Å². The summed E-state index contributed by atoms with van der Waals surface area (Å²) in [5.41, 5.74) is 9.25. The summed E-state index contributed by atoms with van der Waals surface area (Å²) in [5.74, 6) is -0.319. The number of rotatable bonds is 4. The van der Waals surface area contributed by atoms with Crippen LogP contribution in [0.25, 0.3) is 11.0 Å². The molecule has 3 N–H and O–H groups in total. The topological polar surface area (TPSA) is 68.8 Å². The van der Waals surface area contributed by atoms with Crippen LogP contribution in [-0.4, -0.2) is 15.0 Å². The molecule has 3 rings (SSSR count). The number of aromatic nitrogens is 3. The second-order valence-corrected chi connectivity index (χ2v) is 8.10. The normalized spacial score (nSPS) is 11.9. The first-order chi connectivity index (χ1) is 11.7. The van der Waals surface area contributed by atoms with Crippen molar-refractivity contribution in [2.45, 2.75) is 33.9 Å². The standard InChI is InChI=1S/C18H21BrFN5/c1-18(2,3)10-25-15-7-6-14(16(19)17(15)23-24-25)22-9-11-4-5-12(21)8-13(11)20/h4-8,22H,9-10,21H2,1-3H3. The first-order valence-electron chi connectivity index (χ1n) is 8.04. The zero-order valence-electron chi connectivity index (χ0n) is 14.5. The van der Waals surface area contributed by atoms with E-state index in [-0.39, 0.29) is 11.2 Å². The van der Waals surface area contributed by atoms with E-state index in [0.717, 1.165) is 27.7 Å². The number of hydrogen-bond acceptors (Lipinski definition) is 4. The highest BCUT2D eigenvalue weighted by Crippen LogP contribution is 2.31. The highest BCUT2D eigenvalue weighted by atomic mass is 79.9. The molecule has 0 bridgehead atoms. The molecule has 0 saturated heterocycles. The molecule has 3 aromatic rings. The summed E-state index contributed by atoms with van der Waals surface area (Å²) in [4.78, 5) is 0. The Hall–Kier alpha value is -2.15. The van der Waals surface area contributed by atoms with E-state index in [4.69, 9.17) is 5.73 Å². The molecule has 0 saturated carbocycles. The van der Waals surface area contributed by atoms with Gasteiger partial charge in [-0.15, -0.1) is 5.10 Å². The van der Waals surface area contributed by atoms with Crippen molar-refractivity contribution in [1.82, 2.24) is 15.0 Å². The fourth-order valence-corrected chi connectivity index (χ4v) is 3.16. The largest absolute Gasteiger partial charge is 0.399 e. The third-order valence-electron chi connectivity index (χ3n) is 3.80. The number of fused-ring (bicyclic) bond motifs is 1. The van der Waals surface area contributed by atoms with Crippen LogP contribution in [0.2, 0.25) is 0 Å². The van der Waals surface area contributed by atoms with Crippen molar-refractivity contribution < 1.29 is 4.39 Å². The van der Waals surface area contributed by atoms with Gasteiger partial charge in [0.1, 0.15) is 11.3 Å². The van der Waals surface area contributed by atoms with Gasteiger partial charge in [0.2, 0.25) is 0 Å². The summed E-state index contributed by atoms with van der Waals surface area (Å²) in [7, 11) is 0. The van der Waals surface area contributed by atoms with Crippen molar-refractivity contribution in [2.75, 3.05) is 11.1 Å². The third kappa shape index (κ3) is 3.92. The van der Waals surface area contributed by atoms with Crippen molar-refractivity contribution in [3.8, 4) is 0 Å². The van der Waals surface area contributed by atoms with Gasteiger partial charge in [-0.25, -0.2) is 9.07 Å². The highest BCUT2D eigenvalue weighted by molar-refractivity contribution is 9.10. The molecule has 0 aliphatic carbocycles. The molecule has 0 amide bonds. The van der Waals surface area contributed by atoms with E-state index in [9.17, 15) is 4.39 Å². The zero-order valence-corrected chi connectivity index (χ0v) is 16.1. The molecule has 2 aromatic carbocycles. The molecule has 0 aliphatic heterocycles. The predicted molar refractivity (Wildman–Crippen MR) is 103 cm³/mol. The quantitative estimate of drug-likeness (QED) is 0.623. The Morgan fingerprint density at radius 1 is 1.24 bits per heavy atom. The average Bonchev–Trinajstić information content (AvgIpc) is 2.90. The van der Waals surface area contributed by atoms with Gasteiger partial charge in [-0.2, -0.15) is 0 Å². The second kappa shape index (κ2) is 6.63. The molecule has 0 aliphatic rings. The molecule has 1 aromatic heterocycles. The van der Waals surface area contributed by atoms with Crippen LogP contribution in [0, 0.1) is 11.2 Å². The van der Waals surface area contributed by atoms with Crippen LogP contribution < -0.4 is 11.1 Å². The number of anilines is 2. The minimum absolute atomic E-state index is 0.108. The molecular formula is C18H21BrFN5. The van der Waals surface area contributed by atoms with E-state index in [0.29, 0.717) is 17.8 Å². The molecule has 132 valence electrons.